The van der Waals surface area contributed by atoms with Gasteiger partial charge in [-0.05, 0) is 38.5 Å². The van der Waals surface area contributed by atoms with Crippen LogP contribution in [-0.2, 0) is 0 Å². The molecule has 0 saturated heterocycles. The van der Waals surface area contributed by atoms with E-state index in [2.05, 4.69) is 11.1 Å². The minimum Gasteiger partial charge on any atom is -0.485 e. The fraction of sp³-hybridized carbons (Fsp3) is 0.348. The predicted molar refractivity (Wildman–Crippen MR) is 110 cm³/mol. The summed E-state index contributed by atoms with van der Waals surface area (Å²) in [6, 6.07) is 16.3. The van der Waals surface area contributed by atoms with Crippen LogP contribution in [0.3, 0.4) is 0 Å². The SMILES string of the molecule is CCCN(C(=NC#N)c1ccccc1)C1c2cc(C#N)ccc2OC(C)(C)C1O. The molecule has 2 aromatic carbocycles. The second-order valence-electron chi connectivity index (χ2n) is 7.55. The number of hydrogen-bond acceptors (Lipinski definition) is 5. The molecule has 1 heterocycles. The third-order valence-corrected chi connectivity index (χ3v) is 5.10. The minimum absolute atomic E-state index is 0.485. The van der Waals surface area contributed by atoms with Crippen LogP contribution in [0.5, 0.6) is 5.75 Å². The van der Waals surface area contributed by atoms with Crippen molar-refractivity contribution < 1.29 is 9.84 Å². The Bertz CT molecular complexity index is 986. The van der Waals surface area contributed by atoms with E-state index in [1.807, 2.05) is 62.2 Å². The van der Waals surface area contributed by atoms with Crippen molar-refractivity contribution in [3.05, 3.63) is 65.2 Å². The molecule has 0 amide bonds. The highest BCUT2D eigenvalue weighted by atomic mass is 16.5. The first-order valence-electron chi connectivity index (χ1n) is 9.63. The van der Waals surface area contributed by atoms with Crippen LogP contribution in [0.1, 0.15) is 49.9 Å². The van der Waals surface area contributed by atoms with Gasteiger partial charge in [-0.3, -0.25) is 0 Å². The Balaban J connectivity index is 2.21. The van der Waals surface area contributed by atoms with E-state index in [9.17, 15) is 15.6 Å². The minimum atomic E-state index is -0.900. The normalized spacial score (nSPS) is 20.0. The first-order chi connectivity index (χ1) is 13.9. The van der Waals surface area contributed by atoms with Crippen LogP contribution in [0.25, 0.3) is 0 Å². The lowest BCUT2D eigenvalue weighted by atomic mass is 9.84. The molecule has 1 N–H and O–H groups in total. The first kappa shape index (κ1) is 20.4. The molecule has 2 unspecified atom stereocenters. The van der Waals surface area contributed by atoms with Gasteiger partial charge in [0, 0.05) is 17.7 Å². The summed E-state index contributed by atoms with van der Waals surface area (Å²) < 4.78 is 6.04. The van der Waals surface area contributed by atoms with Gasteiger partial charge in [0.05, 0.1) is 17.7 Å². The first-order valence-corrected chi connectivity index (χ1v) is 9.63. The quantitative estimate of drug-likeness (QED) is 0.489. The maximum Gasteiger partial charge on any atom is 0.207 e. The summed E-state index contributed by atoms with van der Waals surface area (Å²) in [6.45, 7) is 6.27. The van der Waals surface area contributed by atoms with E-state index in [1.54, 1.807) is 18.2 Å². The number of aliphatic hydroxyl groups is 1. The summed E-state index contributed by atoms with van der Waals surface area (Å²) in [5, 5.41) is 30.0. The monoisotopic (exact) mass is 388 g/mol. The topological polar surface area (TPSA) is 92.6 Å². The molecular formula is C23H24N4O2. The highest BCUT2D eigenvalue weighted by Gasteiger charge is 2.46. The van der Waals surface area contributed by atoms with Crippen molar-refractivity contribution in [1.29, 1.82) is 10.5 Å². The maximum absolute atomic E-state index is 11.3. The van der Waals surface area contributed by atoms with Gasteiger partial charge in [-0.2, -0.15) is 15.5 Å². The van der Waals surface area contributed by atoms with Gasteiger partial charge in [-0.1, -0.05) is 37.3 Å². The number of rotatable bonds is 4. The Labute approximate surface area is 171 Å². The van der Waals surface area contributed by atoms with Crippen molar-refractivity contribution in [3.63, 3.8) is 0 Å². The third-order valence-electron chi connectivity index (χ3n) is 5.10. The van der Waals surface area contributed by atoms with Crippen molar-refractivity contribution in [1.82, 2.24) is 4.90 Å². The second-order valence-corrected chi connectivity index (χ2v) is 7.55. The fourth-order valence-corrected chi connectivity index (χ4v) is 3.72. The summed E-state index contributed by atoms with van der Waals surface area (Å²) in [5.74, 6) is 1.11. The van der Waals surface area contributed by atoms with E-state index >= 15 is 0 Å². The molecule has 3 rings (SSSR count). The number of nitriles is 2. The highest BCUT2D eigenvalue weighted by Crippen LogP contribution is 2.43. The smallest absolute Gasteiger partial charge is 0.207 e. The van der Waals surface area contributed by atoms with Gasteiger partial charge in [-0.15, -0.1) is 0 Å². The van der Waals surface area contributed by atoms with Crippen LogP contribution >= 0.6 is 0 Å². The number of hydrogen-bond donors (Lipinski definition) is 1. The number of benzene rings is 2. The lowest BCUT2D eigenvalue weighted by Gasteiger charge is -2.47. The lowest BCUT2D eigenvalue weighted by Crippen LogP contribution is -2.55. The van der Waals surface area contributed by atoms with E-state index in [-0.39, 0.29) is 0 Å². The predicted octanol–water partition coefficient (Wildman–Crippen LogP) is 3.77. The summed E-state index contributed by atoms with van der Waals surface area (Å²) >= 11 is 0. The van der Waals surface area contributed by atoms with E-state index < -0.39 is 17.7 Å². The van der Waals surface area contributed by atoms with Crippen molar-refractivity contribution >= 4 is 5.84 Å². The summed E-state index contributed by atoms with van der Waals surface area (Å²) in [4.78, 5) is 6.07. The van der Waals surface area contributed by atoms with Gasteiger partial charge in [-0.25, -0.2) is 0 Å². The molecule has 0 aliphatic carbocycles. The van der Waals surface area contributed by atoms with Crippen LogP contribution in [-0.4, -0.2) is 34.1 Å². The molecule has 6 heteroatoms. The zero-order valence-electron chi connectivity index (χ0n) is 16.8. The summed E-state index contributed by atoms with van der Waals surface area (Å²) in [6.07, 6.45) is 1.79. The molecule has 148 valence electrons. The van der Waals surface area contributed by atoms with Gasteiger partial charge >= 0.3 is 0 Å². The van der Waals surface area contributed by atoms with Gasteiger partial charge in [0.15, 0.2) is 0 Å². The van der Waals surface area contributed by atoms with Crippen molar-refractivity contribution in [2.45, 2.75) is 44.9 Å². The molecule has 0 bridgehead atoms. The number of ether oxygens (including phenoxy) is 1. The van der Waals surface area contributed by atoms with E-state index in [4.69, 9.17) is 4.74 Å². The standard InChI is InChI=1S/C23H24N4O2/c1-4-12-27(22(26-15-25)17-8-6-5-7-9-17)20-18-13-16(14-24)10-11-19(18)29-23(2,3)21(20)28/h5-11,13,20-21,28H,4,12H2,1-3H3. The summed E-state index contributed by atoms with van der Waals surface area (Å²) in [5.41, 5.74) is 1.13. The maximum atomic E-state index is 11.3. The molecular weight excluding hydrogens is 364 g/mol. The van der Waals surface area contributed by atoms with Crippen molar-refractivity contribution in [2.75, 3.05) is 6.54 Å². The molecule has 0 aromatic heterocycles. The van der Waals surface area contributed by atoms with Gasteiger partial charge in [0.25, 0.3) is 0 Å². The van der Waals surface area contributed by atoms with Gasteiger partial charge in [0.2, 0.25) is 6.19 Å². The molecule has 0 saturated carbocycles. The van der Waals surface area contributed by atoms with Crippen LogP contribution < -0.4 is 4.74 Å². The van der Waals surface area contributed by atoms with Crippen LogP contribution in [0.4, 0.5) is 0 Å². The molecule has 0 radical (unpaired) electrons. The highest BCUT2D eigenvalue weighted by molar-refractivity contribution is 5.99. The molecule has 0 fully saturated rings. The molecule has 1 aliphatic heterocycles. The largest absolute Gasteiger partial charge is 0.485 e. The number of nitrogens with zero attached hydrogens (tertiary/aromatic N) is 4. The van der Waals surface area contributed by atoms with Crippen LogP contribution in [0.15, 0.2) is 53.5 Å². The Morgan fingerprint density at radius 1 is 1.21 bits per heavy atom. The summed E-state index contributed by atoms with van der Waals surface area (Å²) in [7, 11) is 0. The Morgan fingerprint density at radius 3 is 2.55 bits per heavy atom. The average Bonchev–Trinajstić information content (AvgIpc) is 2.72. The fourth-order valence-electron chi connectivity index (χ4n) is 3.72. The number of aliphatic hydroxyl groups excluding tert-OH is 1. The zero-order chi connectivity index (χ0) is 21.0. The number of aliphatic imine (C=N–C) groups is 1. The molecule has 0 spiro atoms. The lowest BCUT2D eigenvalue weighted by molar-refractivity contribution is -0.0814. The molecule has 2 aromatic rings. The Hall–Kier alpha value is -3.35. The van der Waals surface area contributed by atoms with Crippen LogP contribution in [0.2, 0.25) is 0 Å². The van der Waals surface area contributed by atoms with Crippen LogP contribution in [0, 0.1) is 22.8 Å². The van der Waals surface area contributed by atoms with Crippen molar-refractivity contribution in [3.8, 4) is 18.0 Å². The number of fused-ring (bicyclic) bond motifs is 1. The molecule has 29 heavy (non-hydrogen) atoms. The van der Waals surface area contributed by atoms with E-state index in [1.165, 1.54) is 0 Å². The van der Waals surface area contributed by atoms with E-state index in [0.717, 1.165) is 12.0 Å². The average molecular weight is 388 g/mol. The third kappa shape index (κ3) is 3.94. The van der Waals surface area contributed by atoms with Gasteiger partial charge in [0.1, 0.15) is 23.3 Å². The molecule has 6 nitrogen and oxygen atoms in total. The van der Waals surface area contributed by atoms with E-state index in [0.29, 0.717) is 29.3 Å². The van der Waals surface area contributed by atoms with Crippen molar-refractivity contribution in [2.24, 2.45) is 4.99 Å². The Morgan fingerprint density at radius 2 is 1.93 bits per heavy atom. The molecule has 1 aliphatic rings. The Kier molecular flexibility index (Phi) is 5.87. The zero-order valence-corrected chi connectivity index (χ0v) is 16.8. The second kappa shape index (κ2) is 8.34. The van der Waals surface area contributed by atoms with Gasteiger partial charge < -0.3 is 14.7 Å². The molecule has 2 atom stereocenters. The number of amidine groups is 1.